The number of rotatable bonds is 3. The van der Waals surface area contributed by atoms with Crippen molar-refractivity contribution in [2.75, 3.05) is 0 Å². The van der Waals surface area contributed by atoms with Crippen LogP contribution in [0.15, 0.2) is 54.6 Å². The molecule has 1 aromatic heterocycles. The number of hydrogen-bond acceptors (Lipinski definition) is 1. The maximum Gasteiger partial charge on any atom is 0.141 e. The molecule has 27 heavy (non-hydrogen) atoms. The van der Waals surface area contributed by atoms with Gasteiger partial charge in [0.2, 0.25) is 0 Å². The van der Waals surface area contributed by atoms with Crippen molar-refractivity contribution in [2.45, 2.75) is 41.2 Å². The molecule has 0 saturated heterocycles. The molecule has 0 aliphatic carbocycles. The van der Waals surface area contributed by atoms with Crippen LogP contribution in [0, 0.1) is 34.6 Å². The zero-order valence-electron chi connectivity index (χ0n) is 16.8. The van der Waals surface area contributed by atoms with Gasteiger partial charge in [-0.3, -0.25) is 0 Å². The first kappa shape index (κ1) is 17.5. The molecule has 0 spiro atoms. The smallest absolute Gasteiger partial charge is 0.141 e. The van der Waals surface area contributed by atoms with E-state index in [1.165, 1.54) is 44.5 Å². The van der Waals surface area contributed by atoms with Crippen LogP contribution in [0.2, 0.25) is 0 Å². The molecule has 0 atom stereocenters. The van der Waals surface area contributed by atoms with Crippen molar-refractivity contribution in [1.82, 2.24) is 9.55 Å². The van der Waals surface area contributed by atoms with Gasteiger partial charge in [-0.2, -0.15) is 0 Å². The Labute approximate surface area is 161 Å². The molecule has 0 N–H and O–H groups in total. The molecular formula is C25H26N2. The fourth-order valence-electron chi connectivity index (χ4n) is 3.96. The number of nitrogens with zero attached hydrogens (tertiary/aromatic N) is 2. The van der Waals surface area contributed by atoms with Crippen LogP contribution in [0.25, 0.3) is 22.4 Å². The van der Waals surface area contributed by atoms with E-state index in [0.717, 1.165) is 17.9 Å². The molecule has 0 amide bonds. The summed E-state index contributed by atoms with van der Waals surface area (Å²) in [5.74, 6) is 1.05. The number of hydrogen-bond donors (Lipinski definition) is 0. The molecule has 0 saturated carbocycles. The molecule has 136 valence electrons. The molecule has 4 rings (SSSR count). The van der Waals surface area contributed by atoms with Gasteiger partial charge in [0.15, 0.2) is 0 Å². The lowest BCUT2D eigenvalue weighted by Gasteiger charge is -2.18. The Morgan fingerprint density at radius 2 is 1.37 bits per heavy atom. The summed E-state index contributed by atoms with van der Waals surface area (Å²) in [6.07, 6.45) is 0. The van der Waals surface area contributed by atoms with Gasteiger partial charge in [-0.25, -0.2) is 4.98 Å². The maximum absolute atomic E-state index is 5.01. The van der Waals surface area contributed by atoms with Gasteiger partial charge in [0.25, 0.3) is 0 Å². The SMILES string of the molecule is Cc1ccccc1-c1nc2ccccc2n1Cc1c(C)c(C)cc(C)c1C. The van der Waals surface area contributed by atoms with Crippen molar-refractivity contribution >= 4 is 11.0 Å². The number of imidazole rings is 1. The summed E-state index contributed by atoms with van der Waals surface area (Å²) in [6, 6.07) is 19.3. The largest absolute Gasteiger partial charge is 0.319 e. The molecule has 0 fully saturated rings. The molecule has 2 heteroatoms. The van der Waals surface area contributed by atoms with Gasteiger partial charge in [-0.1, -0.05) is 42.5 Å². The van der Waals surface area contributed by atoms with Crippen molar-refractivity contribution in [2.24, 2.45) is 0 Å². The lowest BCUT2D eigenvalue weighted by atomic mass is 9.94. The van der Waals surface area contributed by atoms with E-state index in [2.05, 4.69) is 93.8 Å². The zero-order valence-corrected chi connectivity index (χ0v) is 16.8. The number of aryl methyl sites for hydroxylation is 3. The minimum absolute atomic E-state index is 0.838. The summed E-state index contributed by atoms with van der Waals surface area (Å²) in [6.45, 7) is 11.9. The van der Waals surface area contributed by atoms with Gasteiger partial charge >= 0.3 is 0 Å². The van der Waals surface area contributed by atoms with E-state index in [-0.39, 0.29) is 0 Å². The summed E-state index contributed by atoms with van der Waals surface area (Å²) >= 11 is 0. The van der Waals surface area contributed by atoms with Crippen molar-refractivity contribution < 1.29 is 0 Å². The van der Waals surface area contributed by atoms with Crippen LogP contribution < -0.4 is 0 Å². The molecule has 3 aromatic carbocycles. The third-order valence-corrected chi connectivity index (χ3v) is 5.88. The second-order valence-corrected chi connectivity index (χ2v) is 7.56. The lowest BCUT2D eigenvalue weighted by Crippen LogP contribution is -2.08. The van der Waals surface area contributed by atoms with E-state index in [1.807, 2.05) is 0 Å². The predicted molar refractivity (Wildman–Crippen MR) is 114 cm³/mol. The van der Waals surface area contributed by atoms with Crippen LogP contribution in [0.1, 0.15) is 33.4 Å². The second kappa shape index (κ2) is 6.70. The Morgan fingerprint density at radius 3 is 2.07 bits per heavy atom. The van der Waals surface area contributed by atoms with Crippen molar-refractivity contribution in [1.29, 1.82) is 0 Å². The van der Waals surface area contributed by atoms with E-state index in [0.29, 0.717) is 0 Å². The van der Waals surface area contributed by atoms with Gasteiger partial charge in [-0.15, -0.1) is 0 Å². The number of para-hydroxylation sites is 2. The van der Waals surface area contributed by atoms with E-state index in [4.69, 9.17) is 4.98 Å². The first-order chi connectivity index (χ1) is 13.0. The van der Waals surface area contributed by atoms with Crippen molar-refractivity contribution in [3.8, 4) is 11.4 Å². The maximum atomic E-state index is 5.01. The molecule has 4 aromatic rings. The van der Waals surface area contributed by atoms with E-state index >= 15 is 0 Å². The number of benzene rings is 3. The zero-order chi connectivity index (χ0) is 19.1. The minimum Gasteiger partial charge on any atom is -0.319 e. The molecule has 1 heterocycles. The van der Waals surface area contributed by atoms with Crippen LogP contribution in [0.4, 0.5) is 0 Å². The fraction of sp³-hybridized carbons (Fsp3) is 0.240. The topological polar surface area (TPSA) is 17.8 Å². The monoisotopic (exact) mass is 354 g/mol. The van der Waals surface area contributed by atoms with E-state index in [1.54, 1.807) is 0 Å². The van der Waals surface area contributed by atoms with Crippen molar-refractivity contribution in [3.05, 3.63) is 88.0 Å². The number of fused-ring (bicyclic) bond motifs is 1. The highest BCUT2D eigenvalue weighted by atomic mass is 15.1. The Hall–Kier alpha value is -2.87. The number of aromatic nitrogens is 2. The standard InChI is InChI=1S/C25H26N2/c1-16-10-6-7-11-21(16)25-26-23-12-8-9-13-24(23)27(25)15-22-19(4)17(2)14-18(3)20(22)5/h6-14H,15H2,1-5H3. The average molecular weight is 354 g/mol. The van der Waals surface area contributed by atoms with Gasteiger partial charge in [0.1, 0.15) is 5.82 Å². The molecule has 0 aliphatic heterocycles. The quantitative estimate of drug-likeness (QED) is 0.422. The summed E-state index contributed by atoms with van der Waals surface area (Å²) in [5, 5.41) is 0. The molecular weight excluding hydrogens is 328 g/mol. The predicted octanol–water partition coefficient (Wildman–Crippen LogP) is 6.29. The highest BCUT2D eigenvalue weighted by molar-refractivity contribution is 5.81. The van der Waals surface area contributed by atoms with Crippen molar-refractivity contribution in [3.63, 3.8) is 0 Å². The Balaban J connectivity index is 1.98. The van der Waals surface area contributed by atoms with Gasteiger partial charge in [0, 0.05) is 5.56 Å². The summed E-state index contributed by atoms with van der Waals surface area (Å²) in [5.41, 5.74) is 11.6. The summed E-state index contributed by atoms with van der Waals surface area (Å²) in [7, 11) is 0. The second-order valence-electron chi connectivity index (χ2n) is 7.56. The minimum atomic E-state index is 0.838. The van der Waals surface area contributed by atoms with E-state index < -0.39 is 0 Å². The average Bonchev–Trinajstić information content (AvgIpc) is 3.02. The van der Waals surface area contributed by atoms with Gasteiger partial charge in [-0.05, 0) is 80.1 Å². The fourth-order valence-corrected chi connectivity index (χ4v) is 3.96. The lowest BCUT2D eigenvalue weighted by molar-refractivity contribution is 0.817. The first-order valence-electron chi connectivity index (χ1n) is 9.55. The van der Waals surface area contributed by atoms with E-state index in [9.17, 15) is 0 Å². The third-order valence-electron chi connectivity index (χ3n) is 5.88. The van der Waals surface area contributed by atoms with Crippen LogP contribution in [0.5, 0.6) is 0 Å². The molecule has 0 aliphatic rings. The Kier molecular flexibility index (Phi) is 4.35. The summed E-state index contributed by atoms with van der Waals surface area (Å²) < 4.78 is 2.38. The van der Waals surface area contributed by atoms with Gasteiger partial charge < -0.3 is 4.57 Å². The molecule has 0 unspecified atom stereocenters. The molecule has 0 bridgehead atoms. The Bertz CT molecular complexity index is 1120. The van der Waals surface area contributed by atoms with Crippen LogP contribution in [0.3, 0.4) is 0 Å². The molecule has 2 nitrogen and oxygen atoms in total. The van der Waals surface area contributed by atoms with Gasteiger partial charge in [0.05, 0.1) is 17.6 Å². The first-order valence-corrected chi connectivity index (χ1v) is 9.55. The normalized spacial score (nSPS) is 11.3. The van der Waals surface area contributed by atoms with Crippen LogP contribution >= 0.6 is 0 Å². The highest BCUT2D eigenvalue weighted by Gasteiger charge is 2.17. The Morgan fingerprint density at radius 1 is 0.741 bits per heavy atom. The third kappa shape index (κ3) is 2.95. The highest BCUT2D eigenvalue weighted by Crippen LogP contribution is 2.30. The van der Waals surface area contributed by atoms with Crippen LogP contribution in [-0.2, 0) is 6.54 Å². The van der Waals surface area contributed by atoms with Crippen LogP contribution in [-0.4, -0.2) is 9.55 Å². The molecule has 0 radical (unpaired) electrons. The summed E-state index contributed by atoms with van der Waals surface area (Å²) in [4.78, 5) is 5.01.